The number of hydrogen-bond donors (Lipinski definition) is 2. The highest BCUT2D eigenvalue weighted by molar-refractivity contribution is 6.68. The second-order valence-electron chi connectivity index (χ2n) is 3.59. The summed E-state index contributed by atoms with van der Waals surface area (Å²) in [6.45, 7) is 1.56. The third-order valence-electron chi connectivity index (χ3n) is 2.17. The average Bonchev–Trinajstić information content (AvgIpc) is 2.67. The Balaban J connectivity index is 1.97. The lowest BCUT2D eigenvalue weighted by atomic mass is 10.3. The van der Waals surface area contributed by atoms with Gasteiger partial charge in [-0.05, 0) is 25.1 Å². The van der Waals surface area contributed by atoms with Gasteiger partial charge in [-0.1, -0.05) is 22.8 Å². The van der Waals surface area contributed by atoms with E-state index in [4.69, 9.17) is 11.6 Å². The van der Waals surface area contributed by atoms with E-state index in [2.05, 4.69) is 25.8 Å². The second-order valence-corrected chi connectivity index (χ2v) is 4.03. The standard InChI is InChI=1S/C11H9ClN4O3/c1-6-9(10(17)15-14-6)16-19-11(18)13-8-4-2-3-7(12)5-8/h2-5H,1H3,(H,13,18)(H,15,16,17). The predicted molar refractivity (Wildman–Crippen MR) is 70.2 cm³/mol. The van der Waals surface area contributed by atoms with E-state index in [1.165, 1.54) is 0 Å². The SMILES string of the molecule is CC1=NNC(=O)/C1=N/OC(=O)Nc1cccc(Cl)c1. The topological polar surface area (TPSA) is 92.2 Å². The lowest BCUT2D eigenvalue weighted by molar-refractivity contribution is -0.114. The fourth-order valence-corrected chi connectivity index (χ4v) is 1.50. The number of halogens is 1. The number of rotatable bonds is 2. The van der Waals surface area contributed by atoms with Crippen molar-refractivity contribution in [3.63, 3.8) is 0 Å². The molecule has 1 aromatic rings. The van der Waals surface area contributed by atoms with E-state index in [1.807, 2.05) is 0 Å². The van der Waals surface area contributed by atoms with Gasteiger partial charge in [0.2, 0.25) is 0 Å². The van der Waals surface area contributed by atoms with E-state index < -0.39 is 12.0 Å². The van der Waals surface area contributed by atoms with E-state index >= 15 is 0 Å². The summed E-state index contributed by atoms with van der Waals surface area (Å²) in [6, 6.07) is 6.52. The van der Waals surface area contributed by atoms with Gasteiger partial charge >= 0.3 is 6.09 Å². The highest BCUT2D eigenvalue weighted by atomic mass is 35.5. The van der Waals surface area contributed by atoms with Crippen LogP contribution in [0.3, 0.4) is 0 Å². The van der Waals surface area contributed by atoms with Gasteiger partial charge < -0.3 is 0 Å². The van der Waals surface area contributed by atoms with Crippen molar-refractivity contribution in [2.75, 3.05) is 5.32 Å². The van der Waals surface area contributed by atoms with E-state index in [9.17, 15) is 9.59 Å². The summed E-state index contributed by atoms with van der Waals surface area (Å²) in [5, 5.41) is 9.95. The zero-order chi connectivity index (χ0) is 13.8. The molecular weight excluding hydrogens is 272 g/mol. The average molecular weight is 281 g/mol. The van der Waals surface area contributed by atoms with Gasteiger partial charge in [0.15, 0.2) is 5.71 Å². The number of nitrogens with zero attached hydrogens (tertiary/aromatic N) is 2. The number of benzene rings is 1. The molecule has 0 saturated carbocycles. The number of amides is 2. The molecule has 0 saturated heterocycles. The van der Waals surface area contributed by atoms with Crippen molar-refractivity contribution in [2.45, 2.75) is 6.92 Å². The molecule has 7 nitrogen and oxygen atoms in total. The molecule has 0 radical (unpaired) electrons. The van der Waals surface area contributed by atoms with E-state index in [0.717, 1.165) is 0 Å². The molecule has 2 rings (SSSR count). The third kappa shape index (κ3) is 3.29. The van der Waals surface area contributed by atoms with Crippen LogP contribution in [0.4, 0.5) is 10.5 Å². The Morgan fingerprint density at radius 2 is 2.32 bits per heavy atom. The first kappa shape index (κ1) is 13.0. The Morgan fingerprint density at radius 1 is 1.53 bits per heavy atom. The summed E-state index contributed by atoms with van der Waals surface area (Å²) >= 11 is 5.76. The molecule has 1 aromatic carbocycles. The maximum atomic E-state index is 11.4. The summed E-state index contributed by atoms with van der Waals surface area (Å²) in [6.07, 6.45) is -0.831. The lowest BCUT2D eigenvalue weighted by Gasteiger charge is -2.03. The molecule has 0 aromatic heterocycles. The largest absolute Gasteiger partial charge is 0.437 e. The second kappa shape index (κ2) is 5.49. The molecule has 1 aliphatic rings. The van der Waals surface area contributed by atoms with Crippen LogP contribution >= 0.6 is 11.6 Å². The molecular formula is C11H9ClN4O3. The van der Waals surface area contributed by atoms with Crippen LogP contribution in [0.2, 0.25) is 5.02 Å². The molecule has 0 fully saturated rings. The van der Waals surface area contributed by atoms with E-state index in [-0.39, 0.29) is 5.71 Å². The van der Waals surface area contributed by atoms with Crippen molar-refractivity contribution in [1.82, 2.24) is 5.43 Å². The number of anilines is 1. The Hall–Kier alpha value is -2.41. The molecule has 1 heterocycles. The minimum absolute atomic E-state index is 0.0405. The maximum absolute atomic E-state index is 11.4. The van der Waals surface area contributed by atoms with Crippen LogP contribution < -0.4 is 10.7 Å². The van der Waals surface area contributed by atoms with Crippen LogP contribution in [0.15, 0.2) is 34.5 Å². The van der Waals surface area contributed by atoms with E-state index in [0.29, 0.717) is 16.4 Å². The van der Waals surface area contributed by atoms with Crippen molar-refractivity contribution in [2.24, 2.45) is 10.3 Å². The molecule has 0 unspecified atom stereocenters. The van der Waals surface area contributed by atoms with Gasteiger partial charge in [0.05, 0.1) is 5.71 Å². The summed E-state index contributed by atoms with van der Waals surface area (Å²) in [5.74, 6) is -0.520. The fraction of sp³-hybridized carbons (Fsp3) is 0.0909. The van der Waals surface area contributed by atoms with Crippen LogP contribution in [0.25, 0.3) is 0 Å². The van der Waals surface area contributed by atoms with Crippen molar-refractivity contribution >= 4 is 40.7 Å². The smallest absolute Gasteiger partial charge is 0.297 e. The number of hydrogen-bond acceptors (Lipinski definition) is 5. The van der Waals surface area contributed by atoms with Gasteiger partial charge in [0.1, 0.15) is 0 Å². The molecule has 0 spiro atoms. The quantitative estimate of drug-likeness (QED) is 0.638. The zero-order valence-electron chi connectivity index (χ0n) is 9.81. The van der Waals surface area contributed by atoms with Gasteiger partial charge in [-0.15, -0.1) is 0 Å². The summed E-state index contributed by atoms with van der Waals surface area (Å²) in [4.78, 5) is 27.2. The minimum Gasteiger partial charge on any atom is -0.297 e. The highest BCUT2D eigenvalue weighted by Gasteiger charge is 2.22. The lowest BCUT2D eigenvalue weighted by Crippen LogP contribution is -2.23. The predicted octanol–water partition coefficient (Wildman–Crippen LogP) is 1.75. The summed E-state index contributed by atoms with van der Waals surface area (Å²) in [7, 11) is 0. The van der Waals surface area contributed by atoms with Crippen LogP contribution in [0.1, 0.15) is 6.92 Å². The number of carbonyl (C=O) groups excluding carboxylic acids is 2. The normalized spacial score (nSPS) is 16.0. The number of hydrazone groups is 1. The van der Waals surface area contributed by atoms with Crippen molar-refractivity contribution in [3.05, 3.63) is 29.3 Å². The number of nitrogens with one attached hydrogen (secondary N) is 2. The first-order valence-corrected chi connectivity index (χ1v) is 5.60. The highest BCUT2D eigenvalue weighted by Crippen LogP contribution is 2.14. The maximum Gasteiger partial charge on any atom is 0.437 e. The number of oxime groups is 1. The van der Waals surface area contributed by atoms with Gasteiger partial charge in [-0.3, -0.25) is 14.9 Å². The molecule has 2 amide bonds. The minimum atomic E-state index is -0.831. The monoisotopic (exact) mass is 280 g/mol. The van der Waals surface area contributed by atoms with Crippen molar-refractivity contribution in [3.8, 4) is 0 Å². The number of carbonyl (C=O) groups is 2. The van der Waals surface area contributed by atoms with Crippen molar-refractivity contribution in [1.29, 1.82) is 0 Å². The molecule has 1 aliphatic heterocycles. The first-order chi connectivity index (χ1) is 9.06. The zero-order valence-corrected chi connectivity index (χ0v) is 10.6. The van der Waals surface area contributed by atoms with Gasteiger partial charge in [-0.2, -0.15) is 5.10 Å². The van der Waals surface area contributed by atoms with Crippen LogP contribution in [-0.4, -0.2) is 23.4 Å². The molecule has 0 aliphatic carbocycles. The van der Waals surface area contributed by atoms with Gasteiger partial charge in [-0.25, -0.2) is 10.2 Å². The summed E-state index contributed by atoms with van der Waals surface area (Å²) in [5.41, 5.74) is 2.95. The third-order valence-corrected chi connectivity index (χ3v) is 2.41. The van der Waals surface area contributed by atoms with Crippen LogP contribution in [0, 0.1) is 0 Å². The molecule has 8 heteroatoms. The van der Waals surface area contributed by atoms with Crippen LogP contribution in [0.5, 0.6) is 0 Å². The molecule has 2 N–H and O–H groups in total. The first-order valence-electron chi connectivity index (χ1n) is 5.23. The summed E-state index contributed by atoms with van der Waals surface area (Å²) < 4.78 is 0. The Kier molecular flexibility index (Phi) is 3.76. The van der Waals surface area contributed by atoms with Gasteiger partial charge in [0, 0.05) is 10.7 Å². The Labute approximate surface area is 113 Å². The Morgan fingerprint density at radius 3 is 2.95 bits per heavy atom. The Bertz CT molecular complexity index is 597. The molecule has 0 atom stereocenters. The van der Waals surface area contributed by atoms with Crippen molar-refractivity contribution < 1.29 is 14.4 Å². The molecule has 19 heavy (non-hydrogen) atoms. The molecule has 98 valence electrons. The molecule has 0 bridgehead atoms. The fourth-order valence-electron chi connectivity index (χ4n) is 1.31. The van der Waals surface area contributed by atoms with Gasteiger partial charge in [0.25, 0.3) is 5.91 Å². The van der Waals surface area contributed by atoms with E-state index in [1.54, 1.807) is 31.2 Å². The van der Waals surface area contributed by atoms with Crippen LogP contribution in [-0.2, 0) is 9.63 Å².